The summed E-state index contributed by atoms with van der Waals surface area (Å²) in [4.78, 5) is 28.0. The van der Waals surface area contributed by atoms with Gasteiger partial charge < -0.3 is 15.1 Å². The fraction of sp³-hybridized carbons (Fsp3) is 0.333. The zero-order valence-electron chi connectivity index (χ0n) is 16.0. The van der Waals surface area contributed by atoms with E-state index in [0.29, 0.717) is 18.8 Å². The molecule has 2 atom stereocenters. The second kappa shape index (κ2) is 9.83. The number of carbonyl (C=O) groups is 2. The number of benzene rings is 2. The predicted octanol–water partition coefficient (Wildman–Crippen LogP) is 1.89. The van der Waals surface area contributed by atoms with Crippen LogP contribution in [-0.2, 0) is 9.59 Å². The van der Waals surface area contributed by atoms with Crippen molar-refractivity contribution in [1.29, 1.82) is 0 Å². The van der Waals surface area contributed by atoms with Crippen molar-refractivity contribution in [3.8, 4) is 0 Å². The lowest BCUT2D eigenvalue weighted by atomic mass is 10.0. The molecule has 144 valence electrons. The molecule has 1 unspecified atom stereocenters. The van der Waals surface area contributed by atoms with Crippen LogP contribution in [0.25, 0.3) is 0 Å². The number of anilines is 1. The van der Waals surface area contributed by atoms with Crippen molar-refractivity contribution < 1.29 is 18.9 Å². The molecule has 5 nitrogen and oxygen atoms in total. The maximum atomic E-state index is 13.1. The van der Waals surface area contributed by atoms with Crippen LogP contribution in [0.15, 0.2) is 54.6 Å². The molecular formula is C21H27FN3O2+. The number of carbonyl (C=O) groups excluding carboxylic acids is 2. The van der Waals surface area contributed by atoms with Crippen LogP contribution < -0.4 is 10.2 Å². The van der Waals surface area contributed by atoms with E-state index < -0.39 is 6.04 Å². The molecule has 0 radical (unpaired) electrons. The van der Waals surface area contributed by atoms with E-state index in [-0.39, 0.29) is 24.2 Å². The van der Waals surface area contributed by atoms with Gasteiger partial charge in [0.05, 0.1) is 7.05 Å². The summed E-state index contributed by atoms with van der Waals surface area (Å²) in [7, 11) is 1.84. The van der Waals surface area contributed by atoms with Crippen molar-refractivity contribution >= 4 is 17.5 Å². The topological polar surface area (TPSA) is 53.9 Å². The third-order valence-corrected chi connectivity index (χ3v) is 4.52. The highest BCUT2D eigenvalue weighted by Crippen LogP contribution is 2.13. The zero-order valence-corrected chi connectivity index (χ0v) is 16.0. The van der Waals surface area contributed by atoms with E-state index in [9.17, 15) is 14.0 Å². The minimum Gasteiger partial charge on any atom is -0.338 e. The molecule has 2 amide bonds. The molecule has 2 aromatic carbocycles. The Bertz CT molecular complexity index is 746. The molecule has 0 aromatic heterocycles. The molecule has 0 spiro atoms. The van der Waals surface area contributed by atoms with E-state index in [0.717, 1.165) is 10.5 Å². The third-order valence-electron chi connectivity index (χ3n) is 4.52. The third kappa shape index (κ3) is 5.62. The predicted molar refractivity (Wildman–Crippen MR) is 104 cm³/mol. The maximum Gasteiger partial charge on any atom is 0.285 e. The number of amides is 2. The van der Waals surface area contributed by atoms with Gasteiger partial charge in [0.25, 0.3) is 11.8 Å². The first-order valence-electron chi connectivity index (χ1n) is 9.17. The van der Waals surface area contributed by atoms with Gasteiger partial charge >= 0.3 is 0 Å². The number of hydrogen-bond donors (Lipinski definition) is 2. The normalized spacial score (nSPS) is 12.9. The standard InChI is InChI=1S/C21H26FN3O2/c1-4-25(5-2)21(27)20(16-9-7-6-8-10-16)24(3)15-19(26)23-18-13-11-17(22)12-14-18/h6-14,20H,4-5,15H2,1-3H3,(H,23,26)/p+1/t20-/m1/s1. The van der Waals surface area contributed by atoms with Gasteiger partial charge in [-0.25, -0.2) is 4.39 Å². The molecular weight excluding hydrogens is 345 g/mol. The average Bonchev–Trinajstić information content (AvgIpc) is 2.65. The van der Waals surface area contributed by atoms with E-state index in [2.05, 4.69) is 5.32 Å². The second-order valence-corrected chi connectivity index (χ2v) is 6.43. The molecule has 0 heterocycles. The van der Waals surface area contributed by atoms with Gasteiger partial charge in [-0.2, -0.15) is 0 Å². The number of rotatable bonds is 8. The van der Waals surface area contributed by atoms with Crippen LogP contribution in [0.4, 0.5) is 10.1 Å². The molecule has 2 rings (SSSR count). The van der Waals surface area contributed by atoms with Gasteiger partial charge in [-0.05, 0) is 38.1 Å². The van der Waals surface area contributed by atoms with Crippen LogP contribution in [0.2, 0.25) is 0 Å². The molecule has 0 aliphatic carbocycles. The number of quaternary nitrogens is 1. The van der Waals surface area contributed by atoms with Gasteiger partial charge in [0, 0.05) is 24.3 Å². The monoisotopic (exact) mass is 372 g/mol. The first-order chi connectivity index (χ1) is 13.0. The van der Waals surface area contributed by atoms with Gasteiger partial charge in [0.1, 0.15) is 5.82 Å². The molecule has 0 aliphatic rings. The number of hydrogen-bond acceptors (Lipinski definition) is 2. The summed E-state index contributed by atoms with van der Waals surface area (Å²) in [5.74, 6) is -0.588. The summed E-state index contributed by atoms with van der Waals surface area (Å²) in [5.41, 5.74) is 1.40. The maximum absolute atomic E-state index is 13.1. The van der Waals surface area contributed by atoms with Crippen molar-refractivity contribution in [1.82, 2.24) is 4.90 Å². The fourth-order valence-corrected chi connectivity index (χ4v) is 3.09. The Morgan fingerprint density at radius 2 is 1.63 bits per heavy atom. The quantitative estimate of drug-likeness (QED) is 0.744. The summed E-state index contributed by atoms with van der Waals surface area (Å²) in [5, 5.41) is 2.75. The first-order valence-corrected chi connectivity index (χ1v) is 9.17. The lowest BCUT2D eigenvalue weighted by molar-refractivity contribution is -0.894. The van der Waals surface area contributed by atoms with Gasteiger partial charge in [-0.3, -0.25) is 9.59 Å². The molecule has 2 aromatic rings. The highest BCUT2D eigenvalue weighted by molar-refractivity contribution is 5.91. The fourth-order valence-electron chi connectivity index (χ4n) is 3.09. The lowest BCUT2D eigenvalue weighted by Gasteiger charge is -2.29. The van der Waals surface area contributed by atoms with Gasteiger partial charge in [0.15, 0.2) is 12.6 Å². The van der Waals surface area contributed by atoms with Crippen LogP contribution in [0.5, 0.6) is 0 Å². The first kappa shape index (κ1) is 20.6. The van der Waals surface area contributed by atoms with Crippen molar-refractivity contribution in [2.75, 3.05) is 32.0 Å². The molecule has 27 heavy (non-hydrogen) atoms. The minimum atomic E-state index is -0.468. The van der Waals surface area contributed by atoms with Crippen molar-refractivity contribution in [3.05, 3.63) is 66.0 Å². The highest BCUT2D eigenvalue weighted by atomic mass is 19.1. The minimum absolute atomic E-state index is 0.00159. The van der Waals surface area contributed by atoms with Crippen LogP contribution in [-0.4, -0.2) is 43.4 Å². The van der Waals surface area contributed by atoms with Gasteiger partial charge in [-0.15, -0.1) is 0 Å². The molecule has 0 saturated carbocycles. The van der Waals surface area contributed by atoms with Crippen molar-refractivity contribution in [3.63, 3.8) is 0 Å². The molecule has 0 bridgehead atoms. The van der Waals surface area contributed by atoms with E-state index in [4.69, 9.17) is 0 Å². The van der Waals surface area contributed by atoms with Crippen LogP contribution in [0, 0.1) is 5.82 Å². The van der Waals surface area contributed by atoms with Crippen molar-refractivity contribution in [2.45, 2.75) is 19.9 Å². The van der Waals surface area contributed by atoms with E-state index in [1.165, 1.54) is 24.3 Å². The number of halogens is 1. The Morgan fingerprint density at radius 1 is 1.04 bits per heavy atom. The summed E-state index contributed by atoms with van der Waals surface area (Å²) in [6.07, 6.45) is 0. The molecule has 2 N–H and O–H groups in total. The Kier molecular flexibility index (Phi) is 7.49. The molecule has 0 saturated heterocycles. The largest absolute Gasteiger partial charge is 0.338 e. The number of nitrogens with one attached hydrogen (secondary N) is 2. The summed E-state index contributed by atoms with van der Waals surface area (Å²) in [6.45, 7) is 5.24. The SMILES string of the molecule is CCN(CC)C(=O)[C@@H](c1ccccc1)[NH+](C)CC(=O)Nc1ccc(F)cc1. The Labute approximate surface area is 159 Å². The van der Waals surface area contributed by atoms with E-state index >= 15 is 0 Å². The summed E-state index contributed by atoms with van der Waals surface area (Å²) < 4.78 is 13.0. The number of nitrogens with zero attached hydrogens (tertiary/aromatic N) is 1. The second-order valence-electron chi connectivity index (χ2n) is 6.43. The average molecular weight is 372 g/mol. The molecule has 0 fully saturated rings. The van der Waals surface area contributed by atoms with Crippen molar-refractivity contribution in [2.24, 2.45) is 0 Å². The Hall–Kier alpha value is -2.73. The molecule has 0 aliphatic heterocycles. The highest BCUT2D eigenvalue weighted by Gasteiger charge is 2.33. The van der Waals surface area contributed by atoms with E-state index in [1.807, 2.05) is 51.2 Å². The smallest absolute Gasteiger partial charge is 0.285 e. The Balaban J connectivity index is 2.15. The summed E-state index contributed by atoms with van der Waals surface area (Å²) in [6, 6.07) is 14.7. The van der Waals surface area contributed by atoms with Crippen LogP contribution in [0.1, 0.15) is 25.5 Å². The zero-order chi connectivity index (χ0) is 19.8. The molecule has 6 heteroatoms. The Morgan fingerprint density at radius 3 is 2.19 bits per heavy atom. The summed E-state index contributed by atoms with van der Waals surface area (Å²) >= 11 is 0. The van der Waals surface area contributed by atoms with Gasteiger partial charge in [0.2, 0.25) is 0 Å². The van der Waals surface area contributed by atoms with Crippen LogP contribution >= 0.6 is 0 Å². The lowest BCUT2D eigenvalue weighted by Crippen LogP contribution is -3.11. The van der Waals surface area contributed by atoms with E-state index in [1.54, 1.807) is 4.90 Å². The van der Waals surface area contributed by atoms with Gasteiger partial charge in [-0.1, -0.05) is 30.3 Å². The number of likely N-dealkylation sites (N-methyl/N-ethyl adjacent to an activating group) is 2. The van der Waals surface area contributed by atoms with Crippen LogP contribution in [0.3, 0.4) is 0 Å².